The summed E-state index contributed by atoms with van der Waals surface area (Å²) < 4.78 is 47.0. The molecule has 0 saturated carbocycles. The number of carbonyl (C=O) groups is 1. The SMILES string of the molecule is CCc1cc(N2C(=S)N(c3ccc(C#N)c(C(F)(F)F)c3)C(=O)C2(C)C)ccc1OCCN1CCNC[C@@H]1C.Cl.Cl. The molecule has 4 rings (SSSR count). The van der Waals surface area contributed by atoms with E-state index in [1.165, 1.54) is 6.07 Å². The first-order valence-corrected chi connectivity index (χ1v) is 13.3. The molecule has 2 aliphatic heterocycles. The molecule has 13 heteroatoms. The second kappa shape index (κ2) is 13.6. The van der Waals surface area contributed by atoms with E-state index in [-0.39, 0.29) is 35.6 Å². The fourth-order valence-corrected chi connectivity index (χ4v) is 5.59. The van der Waals surface area contributed by atoms with Gasteiger partial charge in [0.05, 0.1) is 22.9 Å². The zero-order valence-corrected chi connectivity index (χ0v) is 25.7. The minimum absolute atomic E-state index is 0. The maximum atomic E-state index is 13.6. The summed E-state index contributed by atoms with van der Waals surface area (Å²) in [5, 5.41) is 12.6. The predicted molar refractivity (Wildman–Crippen MR) is 163 cm³/mol. The van der Waals surface area contributed by atoms with Crippen LogP contribution in [0.1, 0.15) is 44.4 Å². The molecular formula is C28H34Cl2F3N5O2S. The summed E-state index contributed by atoms with van der Waals surface area (Å²) in [7, 11) is 0. The second-order valence-corrected chi connectivity index (χ2v) is 10.6. The van der Waals surface area contributed by atoms with Crippen LogP contribution in [0.25, 0.3) is 0 Å². The van der Waals surface area contributed by atoms with E-state index in [4.69, 9.17) is 22.2 Å². The van der Waals surface area contributed by atoms with Gasteiger partial charge in [-0.05, 0) is 81.4 Å². The van der Waals surface area contributed by atoms with Gasteiger partial charge in [-0.15, -0.1) is 24.8 Å². The van der Waals surface area contributed by atoms with Gasteiger partial charge < -0.3 is 15.0 Å². The van der Waals surface area contributed by atoms with Crippen LogP contribution < -0.4 is 19.9 Å². The molecule has 41 heavy (non-hydrogen) atoms. The van der Waals surface area contributed by atoms with E-state index in [0.29, 0.717) is 24.8 Å². The largest absolute Gasteiger partial charge is 0.492 e. The van der Waals surface area contributed by atoms with Gasteiger partial charge >= 0.3 is 6.18 Å². The van der Waals surface area contributed by atoms with Crippen molar-refractivity contribution in [3.05, 3.63) is 53.1 Å². The molecule has 7 nitrogen and oxygen atoms in total. The van der Waals surface area contributed by atoms with Crippen LogP contribution in [0.3, 0.4) is 0 Å². The smallest absolute Gasteiger partial charge is 0.417 e. The molecule has 0 spiro atoms. The zero-order valence-electron chi connectivity index (χ0n) is 23.2. The highest BCUT2D eigenvalue weighted by atomic mass is 35.5. The number of piperazine rings is 1. The Bertz CT molecular complexity index is 1320. The number of nitrogens with zero attached hydrogens (tertiary/aromatic N) is 4. The van der Waals surface area contributed by atoms with Crippen molar-refractivity contribution in [3.8, 4) is 11.8 Å². The summed E-state index contributed by atoms with van der Waals surface area (Å²) in [6.45, 7) is 11.8. The Morgan fingerprint density at radius 3 is 2.46 bits per heavy atom. The molecule has 2 aromatic rings. The van der Waals surface area contributed by atoms with Gasteiger partial charge in [0.25, 0.3) is 5.91 Å². The van der Waals surface area contributed by atoms with Gasteiger partial charge in [-0.2, -0.15) is 18.4 Å². The monoisotopic (exact) mass is 631 g/mol. The fourth-order valence-electron chi connectivity index (χ4n) is 5.07. The van der Waals surface area contributed by atoms with Gasteiger partial charge in [0, 0.05) is 37.9 Å². The Labute approximate surface area is 256 Å². The maximum absolute atomic E-state index is 13.6. The summed E-state index contributed by atoms with van der Waals surface area (Å²) in [6.07, 6.45) is -4.08. The number of nitriles is 1. The number of aryl methyl sites for hydroxylation is 1. The van der Waals surface area contributed by atoms with Gasteiger partial charge in [0.2, 0.25) is 0 Å². The first-order valence-electron chi connectivity index (χ1n) is 12.9. The number of nitrogens with one attached hydrogen (secondary N) is 1. The van der Waals surface area contributed by atoms with E-state index < -0.39 is 28.7 Å². The van der Waals surface area contributed by atoms with Crippen LogP contribution >= 0.6 is 37.0 Å². The van der Waals surface area contributed by atoms with Crippen LogP contribution in [0.15, 0.2) is 36.4 Å². The lowest BCUT2D eigenvalue weighted by atomic mass is 10.0. The quantitative estimate of drug-likeness (QED) is 0.401. The lowest BCUT2D eigenvalue weighted by molar-refractivity contribution is -0.137. The number of thiocarbonyl (C=S) groups is 1. The average molecular weight is 633 g/mol. The van der Waals surface area contributed by atoms with Gasteiger partial charge in [0.1, 0.15) is 17.9 Å². The van der Waals surface area contributed by atoms with Crippen molar-refractivity contribution < 1.29 is 22.7 Å². The van der Waals surface area contributed by atoms with Crippen LogP contribution in [-0.2, 0) is 17.4 Å². The van der Waals surface area contributed by atoms with Gasteiger partial charge in [-0.3, -0.25) is 14.6 Å². The average Bonchev–Trinajstić information content (AvgIpc) is 3.07. The van der Waals surface area contributed by atoms with Crippen molar-refractivity contribution >= 4 is 59.4 Å². The molecule has 2 aliphatic rings. The van der Waals surface area contributed by atoms with E-state index in [1.807, 2.05) is 25.1 Å². The number of ether oxygens (including phenoxy) is 1. The molecule has 0 aliphatic carbocycles. The van der Waals surface area contributed by atoms with Crippen molar-refractivity contribution in [3.63, 3.8) is 0 Å². The van der Waals surface area contributed by atoms with Gasteiger partial charge in [0.15, 0.2) is 5.11 Å². The normalized spacial score (nSPS) is 18.9. The third kappa shape index (κ3) is 6.89. The van der Waals surface area contributed by atoms with E-state index in [1.54, 1.807) is 24.8 Å². The Morgan fingerprint density at radius 1 is 1.17 bits per heavy atom. The summed E-state index contributed by atoms with van der Waals surface area (Å²) in [4.78, 5) is 18.6. The van der Waals surface area contributed by atoms with Gasteiger partial charge in [-0.1, -0.05) is 6.92 Å². The lowest BCUT2D eigenvalue weighted by Gasteiger charge is -2.33. The Kier molecular flexibility index (Phi) is 11.4. The van der Waals surface area contributed by atoms with Crippen LogP contribution in [0.4, 0.5) is 24.5 Å². The minimum Gasteiger partial charge on any atom is -0.492 e. The Hall–Kier alpha value is -2.62. The molecule has 1 amide bonds. The molecule has 1 atom stereocenters. The molecule has 0 radical (unpaired) electrons. The third-order valence-electron chi connectivity index (χ3n) is 7.31. The molecule has 224 valence electrons. The summed E-state index contributed by atoms with van der Waals surface area (Å²) in [5.74, 6) is 0.283. The summed E-state index contributed by atoms with van der Waals surface area (Å²) in [6, 6.07) is 10.8. The highest BCUT2D eigenvalue weighted by molar-refractivity contribution is 7.81. The first kappa shape index (κ1) is 34.6. The molecule has 2 aromatic carbocycles. The predicted octanol–water partition coefficient (Wildman–Crippen LogP) is 5.57. The number of rotatable bonds is 7. The van der Waals surface area contributed by atoms with E-state index in [2.05, 4.69) is 17.1 Å². The number of carbonyl (C=O) groups excluding carboxylic acids is 1. The van der Waals surface area contributed by atoms with Crippen molar-refractivity contribution in [2.45, 2.75) is 51.9 Å². The first-order chi connectivity index (χ1) is 18.4. The van der Waals surface area contributed by atoms with E-state index >= 15 is 0 Å². The fraction of sp³-hybridized carbons (Fsp3) is 0.464. The zero-order chi connectivity index (χ0) is 28.5. The maximum Gasteiger partial charge on any atom is 0.417 e. The number of hydrogen-bond donors (Lipinski definition) is 1. The minimum atomic E-state index is -4.75. The molecule has 2 saturated heterocycles. The molecule has 0 aromatic heterocycles. The summed E-state index contributed by atoms with van der Waals surface area (Å²) >= 11 is 5.66. The highest BCUT2D eigenvalue weighted by Gasteiger charge is 2.50. The third-order valence-corrected chi connectivity index (χ3v) is 7.68. The summed E-state index contributed by atoms with van der Waals surface area (Å²) in [5.41, 5.74) is -1.25. The number of alkyl halides is 3. The standard InChI is InChI=1S/C28H32F3N5O2S.2ClH/c1-5-19-14-22(8-9-24(19)38-13-12-34-11-10-33-17-18(34)2)36-26(39)35(25(37)27(36,3)4)21-7-6-20(16-32)23(15-21)28(29,30)31;;/h6-9,14-15,18,33H,5,10-13,17H2,1-4H3;2*1H/t18-;;/m0../s1. The van der Waals surface area contributed by atoms with Crippen molar-refractivity contribution in [2.24, 2.45) is 0 Å². The molecular weight excluding hydrogens is 598 g/mol. The number of amides is 1. The Balaban J connectivity index is 0.00000294. The van der Waals surface area contributed by atoms with E-state index in [0.717, 1.165) is 54.5 Å². The molecule has 0 bridgehead atoms. The lowest BCUT2D eigenvalue weighted by Crippen LogP contribution is -2.50. The van der Waals surface area contributed by atoms with E-state index in [9.17, 15) is 18.0 Å². The number of anilines is 2. The van der Waals surface area contributed by atoms with Crippen LogP contribution in [0, 0.1) is 11.3 Å². The van der Waals surface area contributed by atoms with Crippen molar-refractivity contribution in [1.29, 1.82) is 5.26 Å². The second-order valence-electron chi connectivity index (χ2n) is 10.2. The van der Waals surface area contributed by atoms with Crippen molar-refractivity contribution in [1.82, 2.24) is 10.2 Å². The highest BCUT2D eigenvalue weighted by Crippen LogP contribution is 2.40. The molecule has 2 fully saturated rings. The number of benzene rings is 2. The molecule has 1 N–H and O–H groups in total. The van der Waals surface area contributed by atoms with Crippen LogP contribution in [0.2, 0.25) is 0 Å². The molecule has 2 heterocycles. The Morgan fingerprint density at radius 2 is 1.85 bits per heavy atom. The molecule has 0 unspecified atom stereocenters. The van der Waals surface area contributed by atoms with Crippen LogP contribution in [0.5, 0.6) is 5.75 Å². The number of halogens is 5. The van der Waals surface area contributed by atoms with Crippen molar-refractivity contribution in [2.75, 3.05) is 42.6 Å². The van der Waals surface area contributed by atoms with Gasteiger partial charge in [-0.25, -0.2) is 0 Å². The number of hydrogen-bond acceptors (Lipinski definition) is 6. The van der Waals surface area contributed by atoms with Crippen LogP contribution in [-0.4, -0.2) is 60.3 Å². The topological polar surface area (TPSA) is 71.8 Å².